The molecule has 0 spiro atoms. The van der Waals surface area contributed by atoms with E-state index in [2.05, 4.69) is 10.3 Å². The number of methoxy groups -OCH3 is 2. The van der Waals surface area contributed by atoms with E-state index >= 15 is 0 Å². The molecule has 6 heteroatoms. The van der Waals surface area contributed by atoms with E-state index in [4.69, 9.17) is 9.47 Å². The Morgan fingerprint density at radius 1 is 1.05 bits per heavy atom. The van der Waals surface area contributed by atoms with Crippen molar-refractivity contribution >= 4 is 10.9 Å². The third-order valence-corrected chi connectivity index (χ3v) is 3.18. The number of aromatic nitrogens is 3. The first-order chi connectivity index (χ1) is 10.2. The zero-order chi connectivity index (χ0) is 14.8. The van der Waals surface area contributed by atoms with Gasteiger partial charge in [-0.1, -0.05) is 17.3 Å². The van der Waals surface area contributed by atoms with Crippen LogP contribution in [0.25, 0.3) is 16.6 Å². The zero-order valence-corrected chi connectivity index (χ0v) is 11.6. The molecule has 2 aromatic carbocycles. The van der Waals surface area contributed by atoms with Gasteiger partial charge < -0.3 is 9.47 Å². The molecule has 0 N–H and O–H groups in total. The molecule has 0 amide bonds. The average molecular weight is 283 g/mol. The Morgan fingerprint density at radius 2 is 1.86 bits per heavy atom. The fourth-order valence-electron chi connectivity index (χ4n) is 2.11. The number of hydrogen-bond acceptors (Lipinski definition) is 5. The van der Waals surface area contributed by atoms with Gasteiger partial charge in [0.2, 0.25) is 0 Å². The minimum absolute atomic E-state index is 0.257. The molecule has 1 heterocycles. The van der Waals surface area contributed by atoms with E-state index in [0.717, 1.165) is 0 Å². The van der Waals surface area contributed by atoms with E-state index in [1.807, 2.05) is 6.07 Å². The van der Waals surface area contributed by atoms with Gasteiger partial charge in [-0.15, -0.1) is 5.10 Å². The van der Waals surface area contributed by atoms with Gasteiger partial charge in [0.1, 0.15) is 22.7 Å². The second-order valence-corrected chi connectivity index (χ2v) is 4.36. The first-order valence-corrected chi connectivity index (χ1v) is 6.32. The molecule has 0 fully saturated rings. The maximum Gasteiger partial charge on any atom is 0.282 e. The Kier molecular flexibility index (Phi) is 3.27. The summed E-state index contributed by atoms with van der Waals surface area (Å²) in [6.07, 6.45) is 0. The third kappa shape index (κ3) is 2.20. The third-order valence-electron chi connectivity index (χ3n) is 3.18. The van der Waals surface area contributed by atoms with Crippen molar-refractivity contribution < 1.29 is 9.47 Å². The summed E-state index contributed by atoms with van der Waals surface area (Å²) in [5.41, 5.74) is 0.785. The molecule has 0 saturated heterocycles. The van der Waals surface area contributed by atoms with Gasteiger partial charge in [0.15, 0.2) is 0 Å². The van der Waals surface area contributed by atoms with Gasteiger partial charge in [-0.3, -0.25) is 4.79 Å². The van der Waals surface area contributed by atoms with Gasteiger partial charge in [-0.2, -0.15) is 4.68 Å². The molecule has 0 aliphatic rings. The van der Waals surface area contributed by atoms with Crippen LogP contribution in [0.4, 0.5) is 0 Å². The van der Waals surface area contributed by atoms with Crippen molar-refractivity contribution in [2.75, 3.05) is 14.2 Å². The second kappa shape index (κ2) is 5.24. The normalized spacial score (nSPS) is 10.6. The number of hydrogen-bond donors (Lipinski definition) is 0. The molecule has 0 radical (unpaired) electrons. The number of fused-ring (bicyclic) bond motifs is 1. The van der Waals surface area contributed by atoms with Crippen molar-refractivity contribution in [3.63, 3.8) is 0 Å². The summed E-state index contributed by atoms with van der Waals surface area (Å²) in [6.45, 7) is 0. The molecule has 3 aromatic rings. The van der Waals surface area contributed by atoms with Crippen LogP contribution in [0.15, 0.2) is 47.3 Å². The largest absolute Gasteiger partial charge is 0.497 e. The summed E-state index contributed by atoms with van der Waals surface area (Å²) in [5.74, 6) is 1.12. The minimum Gasteiger partial charge on any atom is -0.497 e. The van der Waals surface area contributed by atoms with Gasteiger partial charge in [0, 0.05) is 6.07 Å². The van der Waals surface area contributed by atoms with Crippen LogP contribution in [0.1, 0.15) is 0 Å². The summed E-state index contributed by atoms with van der Waals surface area (Å²) in [4.78, 5) is 12.6. The van der Waals surface area contributed by atoms with Crippen LogP contribution in [-0.2, 0) is 0 Å². The van der Waals surface area contributed by atoms with Crippen LogP contribution in [0, 0.1) is 0 Å². The lowest BCUT2D eigenvalue weighted by molar-refractivity contribution is 0.399. The predicted molar refractivity (Wildman–Crippen MR) is 78.2 cm³/mol. The van der Waals surface area contributed by atoms with Gasteiger partial charge >= 0.3 is 0 Å². The summed E-state index contributed by atoms with van der Waals surface area (Å²) in [6, 6.07) is 12.2. The van der Waals surface area contributed by atoms with Crippen molar-refractivity contribution in [3.05, 3.63) is 52.8 Å². The molecule has 0 saturated carbocycles. The van der Waals surface area contributed by atoms with Gasteiger partial charge in [-0.25, -0.2) is 0 Å². The quantitative estimate of drug-likeness (QED) is 0.733. The molecule has 21 heavy (non-hydrogen) atoms. The average Bonchev–Trinajstić information content (AvgIpc) is 2.55. The lowest BCUT2D eigenvalue weighted by Crippen LogP contribution is -2.23. The highest BCUT2D eigenvalue weighted by atomic mass is 16.5. The van der Waals surface area contributed by atoms with Gasteiger partial charge in [0.25, 0.3) is 5.56 Å². The smallest absolute Gasteiger partial charge is 0.282 e. The summed E-state index contributed by atoms with van der Waals surface area (Å²) in [5, 5.41) is 8.54. The Bertz CT molecular complexity index is 858. The van der Waals surface area contributed by atoms with E-state index in [1.54, 1.807) is 43.5 Å². The summed E-state index contributed by atoms with van der Waals surface area (Å²) in [7, 11) is 3.09. The molecule has 106 valence electrons. The maximum absolute atomic E-state index is 12.6. The molecule has 0 aliphatic heterocycles. The fourth-order valence-corrected chi connectivity index (χ4v) is 2.11. The van der Waals surface area contributed by atoms with Crippen LogP contribution < -0.4 is 15.0 Å². The lowest BCUT2D eigenvalue weighted by Gasteiger charge is -2.11. The standard InChI is InChI=1S/C15H13N3O3/c1-20-10-7-8-14(21-2)13(9-10)18-15(19)11-5-3-4-6-12(11)16-17-18/h3-9H,1-2H3. The highest BCUT2D eigenvalue weighted by Crippen LogP contribution is 2.26. The Hall–Kier alpha value is -2.89. The molecule has 1 aromatic heterocycles. The number of ether oxygens (including phenoxy) is 2. The second-order valence-electron chi connectivity index (χ2n) is 4.36. The van der Waals surface area contributed by atoms with Crippen LogP contribution in [-0.4, -0.2) is 29.2 Å². The fraction of sp³-hybridized carbons (Fsp3) is 0.133. The molecule has 0 aliphatic carbocycles. The molecule has 3 rings (SSSR count). The number of nitrogens with zero attached hydrogens (tertiary/aromatic N) is 3. The first kappa shape index (κ1) is 13.1. The predicted octanol–water partition coefficient (Wildman–Crippen LogP) is 1.80. The van der Waals surface area contributed by atoms with E-state index in [1.165, 1.54) is 11.8 Å². The Balaban J connectivity index is 2.30. The van der Waals surface area contributed by atoms with Gasteiger partial charge in [0.05, 0.1) is 19.6 Å². The van der Waals surface area contributed by atoms with E-state index in [0.29, 0.717) is 28.1 Å². The van der Waals surface area contributed by atoms with Gasteiger partial charge in [-0.05, 0) is 24.3 Å². The van der Waals surface area contributed by atoms with Crippen molar-refractivity contribution in [3.8, 4) is 17.2 Å². The first-order valence-electron chi connectivity index (χ1n) is 6.32. The Labute approximate surface area is 120 Å². The highest BCUT2D eigenvalue weighted by Gasteiger charge is 2.12. The molecule has 0 unspecified atom stereocenters. The number of benzene rings is 2. The van der Waals surface area contributed by atoms with Crippen molar-refractivity contribution in [2.45, 2.75) is 0 Å². The molecule has 0 bridgehead atoms. The lowest BCUT2D eigenvalue weighted by atomic mass is 10.2. The van der Waals surface area contributed by atoms with Crippen LogP contribution in [0.3, 0.4) is 0 Å². The molecular formula is C15H13N3O3. The van der Waals surface area contributed by atoms with E-state index in [-0.39, 0.29) is 5.56 Å². The number of rotatable bonds is 3. The SMILES string of the molecule is COc1ccc(OC)c(-n2nnc3ccccc3c2=O)c1. The Morgan fingerprint density at radius 3 is 2.62 bits per heavy atom. The monoisotopic (exact) mass is 283 g/mol. The zero-order valence-electron chi connectivity index (χ0n) is 11.6. The van der Waals surface area contributed by atoms with Crippen molar-refractivity contribution in [1.82, 2.24) is 15.0 Å². The molecular weight excluding hydrogens is 270 g/mol. The minimum atomic E-state index is -0.257. The van der Waals surface area contributed by atoms with E-state index < -0.39 is 0 Å². The maximum atomic E-state index is 12.6. The van der Waals surface area contributed by atoms with Crippen molar-refractivity contribution in [2.24, 2.45) is 0 Å². The molecule has 6 nitrogen and oxygen atoms in total. The van der Waals surface area contributed by atoms with Crippen LogP contribution in [0.2, 0.25) is 0 Å². The van der Waals surface area contributed by atoms with E-state index in [9.17, 15) is 4.79 Å². The van der Waals surface area contributed by atoms with Crippen LogP contribution >= 0.6 is 0 Å². The summed E-state index contributed by atoms with van der Waals surface area (Å²) >= 11 is 0. The molecule has 0 atom stereocenters. The highest BCUT2D eigenvalue weighted by molar-refractivity contribution is 5.76. The topological polar surface area (TPSA) is 66.2 Å². The van der Waals surface area contributed by atoms with Crippen LogP contribution in [0.5, 0.6) is 11.5 Å². The van der Waals surface area contributed by atoms with Crippen molar-refractivity contribution in [1.29, 1.82) is 0 Å². The summed E-state index contributed by atoms with van der Waals surface area (Å²) < 4.78 is 11.7.